The van der Waals surface area contributed by atoms with Crippen LogP contribution in [0.3, 0.4) is 0 Å². The van der Waals surface area contributed by atoms with Gasteiger partial charge in [-0.15, -0.1) is 0 Å². The first-order valence-corrected chi connectivity index (χ1v) is 8.00. The summed E-state index contributed by atoms with van der Waals surface area (Å²) in [6.07, 6.45) is -4.54. The van der Waals surface area contributed by atoms with Crippen LogP contribution in [0.2, 0.25) is 5.02 Å². The van der Waals surface area contributed by atoms with Gasteiger partial charge in [0.25, 0.3) is 0 Å². The molecule has 0 aliphatic carbocycles. The standard InChI is InChI=1S/C18H14ClF3N4/c1-11-9-16(24-12-5-3-2-4-6-12)26-17(23-11)25-13-7-8-15(19)14(10-13)18(20,21)22/h2-10H,1H3,(H2,23,24,25,26). The minimum atomic E-state index is -4.54. The van der Waals surface area contributed by atoms with Crippen molar-refractivity contribution in [3.63, 3.8) is 0 Å². The van der Waals surface area contributed by atoms with E-state index in [1.165, 1.54) is 12.1 Å². The zero-order chi connectivity index (χ0) is 18.7. The van der Waals surface area contributed by atoms with E-state index in [2.05, 4.69) is 20.6 Å². The Labute approximate surface area is 153 Å². The second-order valence-corrected chi connectivity index (χ2v) is 5.93. The highest BCUT2D eigenvalue weighted by Gasteiger charge is 2.33. The lowest BCUT2D eigenvalue weighted by Crippen LogP contribution is -2.07. The summed E-state index contributed by atoms with van der Waals surface area (Å²) in [5.41, 5.74) is 0.769. The van der Waals surface area contributed by atoms with E-state index in [9.17, 15) is 13.2 Å². The van der Waals surface area contributed by atoms with Gasteiger partial charge in [-0.05, 0) is 37.3 Å². The maximum absolute atomic E-state index is 13.0. The molecule has 0 aliphatic rings. The van der Waals surface area contributed by atoms with Gasteiger partial charge in [-0.25, -0.2) is 4.98 Å². The number of hydrogen-bond acceptors (Lipinski definition) is 4. The van der Waals surface area contributed by atoms with Gasteiger partial charge in [0, 0.05) is 23.1 Å². The summed E-state index contributed by atoms with van der Waals surface area (Å²) in [7, 11) is 0. The number of anilines is 4. The lowest BCUT2D eigenvalue weighted by molar-refractivity contribution is -0.137. The summed E-state index contributed by atoms with van der Waals surface area (Å²) in [5.74, 6) is 0.704. The van der Waals surface area contributed by atoms with Crippen molar-refractivity contribution in [2.24, 2.45) is 0 Å². The summed E-state index contributed by atoms with van der Waals surface area (Å²) < 4.78 is 39.0. The molecule has 0 bridgehead atoms. The number of aromatic nitrogens is 2. The fourth-order valence-electron chi connectivity index (χ4n) is 2.31. The SMILES string of the molecule is Cc1cc(Nc2ccccc2)nc(Nc2ccc(Cl)c(C(F)(F)F)c2)n1. The van der Waals surface area contributed by atoms with Gasteiger partial charge in [0.2, 0.25) is 5.95 Å². The predicted molar refractivity (Wildman–Crippen MR) is 96.2 cm³/mol. The topological polar surface area (TPSA) is 49.8 Å². The first-order valence-electron chi connectivity index (χ1n) is 7.63. The number of aryl methyl sites for hydroxylation is 1. The van der Waals surface area contributed by atoms with Crippen molar-refractivity contribution in [1.29, 1.82) is 0 Å². The first kappa shape index (κ1) is 18.0. The third-order valence-electron chi connectivity index (χ3n) is 3.43. The molecule has 4 nitrogen and oxygen atoms in total. The van der Waals surface area contributed by atoms with Crippen molar-refractivity contribution in [2.75, 3.05) is 10.6 Å². The van der Waals surface area contributed by atoms with Crippen molar-refractivity contribution in [3.05, 3.63) is 70.9 Å². The van der Waals surface area contributed by atoms with Gasteiger partial charge in [0.1, 0.15) is 5.82 Å². The molecule has 2 N–H and O–H groups in total. The van der Waals surface area contributed by atoms with Crippen LogP contribution in [-0.4, -0.2) is 9.97 Å². The van der Waals surface area contributed by atoms with Crippen molar-refractivity contribution < 1.29 is 13.2 Å². The molecule has 1 heterocycles. The number of rotatable bonds is 4. The molecule has 8 heteroatoms. The third kappa shape index (κ3) is 4.43. The molecule has 2 aromatic carbocycles. The van der Waals surface area contributed by atoms with Crippen LogP contribution in [-0.2, 0) is 6.18 Å². The van der Waals surface area contributed by atoms with Crippen molar-refractivity contribution in [3.8, 4) is 0 Å². The quantitative estimate of drug-likeness (QED) is 0.589. The Hall–Kier alpha value is -2.80. The number of nitrogens with zero attached hydrogens (tertiary/aromatic N) is 2. The molecule has 0 aliphatic heterocycles. The molecule has 1 aromatic heterocycles. The largest absolute Gasteiger partial charge is 0.417 e. The number of alkyl halides is 3. The van der Waals surface area contributed by atoms with Crippen LogP contribution in [0.1, 0.15) is 11.3 Å². The molecule has 26 heavy (non-hydrogen) atoms. The molecule has 0 spiro atoms. The van der Waals surface area contributed by atoms with Crippen LogP contribution < -0.4 is 10.6 Å². The van der Waals surface area contributed by atoms with Gasteiger partial charge in [0.05, 0.1) is 10.6 Å². The van der Waals surface area contributed by atoms with E-state index < -0.39 is 11.7 Å². The molecule has 0 saturated heterocycles. The van der Waals surface area contributed by atoms with Gasteiger partial charge in [-0.1, -0.05) is 29.8 Å². The van der Waals surface area contributed by atoms with Gasteiger partial charge >= 0.3 is 6.18 Å². The van der Waals surface area contributed by atoms with Gasteiger partial charge < -0.3 is 10.6 Å². The smallest absolute Gasteiger partial charge is 0.340 e. The van der Waals surface area contributed by atoms with Crippen LogP contribution in [0, 0.1) is 6.92 Å². The van der Waals surface area contributed by atoms with Gasteiger partial charge in [-0.2, -0.15) is 18.2 Å². The Morgan fingerprint density at radius 3 is 2.31 bits per heavy atom. The average molecular weight is 379 g/mol. The molecular weight excluding hydrogens is 365 g/mol. The maximum atomic E-state index is 13.0. The molecule has 3 rings (SSSR count). The number of nitrogens with one attached hydrogen (secondary N) is 2. The third-order valence-corrected chi connectivity index (χ3v) is 3.76. The summed E-state index contributed by atoms with van der Waals surface area (Å²) in [5, 5.41) is 5.55. The molecule has 0 amide bonds. The van der Waals surface area contributed by atoms with Crippen LogP contribution in [0.4, 0.5) is 36.3 Å². The van der Waals surface area contributed by atoms with E-state index in [1.807, 2.05) is 30.3 Å². The van der Waals surface area contributed by atoms with E-state index in [0.717, 1.165) is 11.8 Å². The first-order chi connectivity index (χ1) is 12.3. The van der Waals surface area contributed by atoms with Crippen molar-refractivity contribution in [1.82, 2.24) is 9.97 Å². The Bertz CT molecular complexity index is 914. The molecule has 0 unspecified atom stereocenters. The van der Waals surface area contributed by atoms with E-state index in [0.29, 0.717) is 11.5 Å². The molecule has 134 valence electrons. The van der Waals surface area contributed by atoms with Crippen LogP contribution in [0.5, 0.6) is 0 Å². The molecule has 0 radical (unpaired) electrons. The zero-order valence-corrected chi connectivity index (χ0v) is 14.4. The van der Waals surface area contributed by atoms with E-state index in [-0.39, 0.29) is 16.7 Å². The summed E-state index contributed by atoms with van der Waals surface area (Å²) in [4.78, 5) is 8.50. The predicted octanol–water partition coefficient (Wildman–Crippen LogP) is 5.94. The number of hydrogen-bond donors (Lipinski definition) is 2. The molecule has 0 saturated carbocycles. The molecule has 3 aromatic rings. The molecule has 0 atom stereocenters. The van der Waals surface area contributed by atoms with Gasteiger partial charge in [0.15, 0.2) is 0 Å². The van der Waals surface area contributed by atoms with Crippen LogP contribution >= 0.6 is 11.6 Å². The monoisotopic (exact) mass is 378 g/mol. The minimum Gasteiger partial charge on any atom is -0.340 e. The number of halogens is 4. The number of benzene rings is 2. The van der Waals surface area contributed by atoms with Crippen LogP contribution in [0.15, 0.2) is 54.6 Å². The summed E-state index contributed by atoms with van der Waals surface area (Å²) >= 11 is 5.64. The highest BCUT2D eigenvalue weighted by Crippen LogP contribution is 2.36. The van der Waals surface area contributed by atoms with Crippen molar-refractivity contribution >= 4 is 34.7 Å². The zero-order valence-electron chi connectivity index (χ0n) is 13.6. The van der Waals surface area contributed by atoms with Gasteiger partial charge in [-0.3, -0.25) is 0 Å². The summed E-state index contributed by atoms with van der Waals surface area (Å²) in [6, 6.07) is 14.7. The van der Waals surface area contributed by atoms with Crippen molar-refractivity contribution in [2.45, 2.75) is 13.1 Å². The lowest BCUT2D eigenvalue weighted by Gasteiger charge is -2.13. The fraction of sp³-hybridized carbons (Fsp3) is 0.111. The lowest BCUT2D eigenvalue weighted by atomic mass is 10.2. The Balaban J connectivity index is 1.86. The summed E-state index contributed by atoms with van der Waals surface area (Å²) in [6.45, 7) is 1.77. The Morgan fingerprint density at radius 2 is 1.62 bits per heavy atom. The van der Waals surface area contributed by atoms with E-state index in [4.69, 9.17) is 11.6 Å². The highest BCUT2D eigenvalue weighted by molar-refractivity contribution is 6.31. The van der Waals surface area contributed by atoms with Crippen LogP contribution in [0.25, 0.3) is 0 Å². The maximum Gasteiger partial charge on any atom is 0.417 e. The second kappa shape index (κ2) is 7.21. The Morgan fingerprint density at radius 1 is 0.885 bits per heavy atom. The van der Waals surface area contributed by atoms with E-state index in [1.54, 1.807) is 13.0 Å². The normalized spacial score (nSPS) is 11.3. The minimum absolute atomic E-state index is 0.180. The molecular formula is C18H14ClF3N4. The second-order valence-electron chi connectivity index (χ2n) is 5.53. The fourth-order valence-corrected chi connectivity index (χ4v) is 2.53. The number of para-hydroxylation sites is 1. The average Bonchev–Trinajstić information content (AvgIpc) is 2.56. The molecule has 0 fully saturated rings. The Kier molecular flexibility index (Phi) is 4.99. The van der Waals surface area contributed by atoms with E-state index >= 15 is 0 Å². The highest BCUT2D eigenvalue weighted by atomic mass is 35.5.